The Kier molecular flexibility index (Phi) is 4.23. The average Bonchev–Trinajstić information content (AvgIpc) is 3.19. The normalized spacial score (nSPS) is 17.5. The van der Waals surface area contributed by atoms with Crippen molar-refractivity contribution in [2.24, 2.45) is 0 Å². The molecule has 3 rings (SSSR count). The van der Waals surface area contributed by atoms with Crippen LogP contribution in [0.25, 0.3) is 10.9 Å². The molecule has 0 spiro atoms. The third-order valence-electron chi connectivity index (χ3n) is 3.93. The first-order valence-electron chi connectivity index (χ1n) is 7.58. The number of rotatable bonds is 7. The molecule has 1 aliphatic carbocycles. The molecule has 1 heterocycles. The van der Waals surface area contributed by atoms with Gasteiger partial charge in [0.15, 0.2) is 0 Å². The van der Waals surface area contributed by atoms with Crippen LogP contribution in [-0.4, -0.2) is 22.3 Å². The first-order chi connectivity index (χ1) is 10.2. The molecular weight excluding hydrogens is 278 g/mol. The monoisotopic (exact) mass is 299 g/mol. The molecule has 0 bridgehead atoms. The van der Waals surface area contributed by atoms with Crippen LogP contribution in [0.2, 0.25) is 0 Å². The van der Waals surface area contributed by atoms with Crippen molar-refractivity contribution in [3.8, 4) is 6.07 Å². The summed E-state index contributed by atoms with van der Waals surface area (Å²) in [6.45, 7) is 2.03. The highest BCUT2D eigenvalue weighted by Gasteiger charge is 2.31. The lowest BCUT2D eigenvalue weighted by atomic mass is 9.98. The van der Waals surface area contributed by atoms with E-state index in [1.165, 1.54) is 28.8 Å². The SMILES string of the molecule is CC(C#N)(CCCSc1cc2ccccc2[nH]1)NC1CC1. The lowest BCUT2D eigenvalue weighted by molar-refractivity contribution is 0.412. The van der Waals surface area contributed by atoms with Gasteiger partial charge in [-0.25, -0.2) is 0 Å². The quantitative estimate of drug-likeness (QED) is 0.598. The number of H-pyrrole nitrogens is 1. The zero-order valence-corrected chi connectivity index (χ0v) is 13.2. The number of hydrogen-bond donors (Lipinski definition) is 2. The van der Waals surface area contributed by atoms with Gasteiger partial charge in [-0.1, -0.05) is 18.2 Å². The third-order valence-corrected chi connectivity index (χ3v) is 4.95. The van der Waals surface area contributed by atoms with Gasteiger partial charge in [0, 0.05) is 16.9 Å². The zero-order chi connectivity index (χ0) is 14.7. The van der Waals surface area contributed by atoms with Crippen LogP contribution < -0.4 is 5.32 Å². The smallest absolute Gasteiger partial charge is 0.104 e. The minimum atomic E-state index is -0.359. The van der Waals surface area contributed by atoms with Crippen molar-refractivity contribution in [3.63, 3.8) is 0 Å². The van der Waals surface area contributed by atoms with E-state index < -0.39 is 0 Å². The summed E-state index contributed by atoms with van der Waals surface area (Å²) in [6.07, 6.45) is 4.40. The van der Waals surface area contributed by atoms with Gasteiger partial charge in [0.05, 0.1) is 11.1 Å². The minimum absolute atomic E-state index is 0.359. The molecule has 2 N–H and O–H groups in total. The molecular formula is C17H21N3S. The second-order valence-electron chi connectivity index (χ2n) is 6.04. The number of aromatic nitrogens is 1. The molecule has 0 radical (unpaired) electrons. The Labute approximate surface area is 130 Å². The first-order valence-corrected chi connectivity index (χ1v) is 8.57. The Bertz CT molecular complexity index is 620. The summed E-state index contributed by atoms with van der Waals surface area (Å²) in [4.78, 5) is 3.43. The molecule has 1 atom stereocenters. The van der Waals surface area contributed by atoms with E-state index in [1.54, 1.807) is 0 Å². The van der Waals surface area contributed by atoms with Crippen LogP contribution in [0.3, 0.4) is 0 Å². The molecule has 0 aliphatic heterocycles. The van der Waals surface area contributed by atoms with Crippen LogP contribution in [-0.2, 0) is 0 Å². The second-order valence-corrected chi connectivity index (χ2v) is 7.17. The standard InChI is InChI=1S/C17H21N3S/c1-17(12-18,20-14-7-8-14)9-4-10-21-16-11-13-5-2-3-6-15(13)19-16/h2-3,5-6,11,14,19-20H,4,7-10H2,1H3. The molecule has 3 nitrogen and oxygen atoms in total. The van der Waals surface area contributed by atoms with Crippen molar-refractivity contribution < 1.29 is 0 Å². The maximum absolute atomic E-state index is 9.35. The highest BCUT2D eigenvalue weighted by atomic mass is 32.2. The molecule has 1 aliphatic rings. The summed E-state index contributed by atoms with van der Waals surface area (Å²) in [5.74, 6) is 1.04. The van der Waals surface area contributed by atoms with Gasteiger partial charge in [-0.15, -0.1) is 11.8 Å². The predicted molar refractivity (Wildman–Crippen MR) is 88.4 cm³/mol. The summed E-state index contributed by atoms with van der Waals surface area (Å²) in [6, 6.07) is 13.6. The largest absolute Gasteiger partial charge is 0.350 e. The minimum Gasteiger partial charge on any atom is -0.350 e. The molecule has 0 amide bonds. The number of hydrogen-bond acceptors (Lipinski definition) is 3. The number of aromatic amines is 1. The van der Waals surface area contributed by atoms with Crippen molar-refractivity contribution in [3.05, 3.63) is 30.3 Å². The summed E-state index contributed by atoms with van der Waals surface area (Å²) in [5.41, 5.74) is 0.833. The van der Waals surface area contributed by atoms with E-state index in [9.17, 15) is 5.26 Å². The number of nitriles is 1. The molecule has 110 valence electrons. The predicted octanol–water partition coefficient (Wildman–Crippen LogP) is 4.07. The molecule has 2 aromatic rings. The molecule has 1 aromatic carbocycles. The van der Waals surface area contributed by atoms with E-state index in [0.717, 1.165) is 18.6 Å². The molecule has 0 saturated heterocycles. The Morgan fingerprint density at radius 2 is 2.24 bits per heavy atom. The maximum Gasteiger partial charge on any atom is 0.104 e. The fourth-order valence-electron chi connectivity index (χ4n) is 2.57. The van der Waals surface area contributed by atoms with Gasteiger partial charge in [0.2, 0.25) is 0 Å². The molecule has 21 heavy (non-hydrogen) atoms. The number of thioether (sulfide) groups is 1. The van der Waals surface area contributed by atoms with E-state index in [4.69, 9.17) is 0 Å². The Morgan fingerprint density at radius 3 is 2.95 bits per heavy atom. The van der Waals surface area contributed by atoms with Crippen LogP contribution in [0.4, 0.5) is 0 Å². The van der Waals surface area contributed by atoms with Crippen LogP contribution in [0.15, 0.2) is 35.4 Å². The molecule has 4 heteroatoms. The highest BCUT2D eigenvalue weighted by molar-refractivity contribution is 7.99. The van der Waals surface area contributed by atoms with E-state index in [2.05, 4.69) is 46.7 Å². The van der Waals surface area contributed by atoms with E-state index in [-0.39, 0.29) is 5.54 Å². The van der Waals surface area contributed by atoms with E-state index in [0.29, 0.717) is 6.04 Å². The number of benzene rings is 1. The zero-order valence-electron chi connectivity index (χ0n) is 12.4. The van der Waals surface area contributed by atoms with E-state index in [1.807, 2.05) is 18.7 Å². The average molecular weight is 299 g/mol. The number of nitrogens with zero attached hydrogens (tertiary/aromatic N) is 1. The summed E-state index contributed by atoms with van der Waals surface area (Å²) in [5, 5.41) is 15.3. The van der Waals surface area contributed by atoms with Crippen LogP contribution >= 0.6 is 11.8 Å². The molecule has 1 aromatic heterocycles. The van der Waals surface area contributed by atoms with Crippen molar-refractivity contribution in [2.45, 2.75) is 49.2 Å². The van der Waals surface area contributed by atoms with Gasteiger partial charge in [-0.05, 0) is 50.5 Å². The Hall–Kier alpha value is -1.44. The number of nitrogens with one attached hydrogen (secondary N) is 2. The van der Waals surface area contributed by atoms with Gasteiger partial charge in [-0.2, -0.15) is 5.26 Å². The maximum atomic E-state index is 9.35. The molecule has 1 saturated carbocycles. The lowest BCUT2D eigenvalue weighted by Gasteiger charge is -2.22. The van der Waals surface area contributed by atoms with E-state index >= 15 is 0 Å². The topological polar surface area (TPSA) is 51.6 Å². The summed E-state index contributed by atoms with van der Waals surface area (Å²) < 4.78 is 0. The Balaban J connectivity index is 1.48. The van der Waals surface area contributed by atoms with Gasteiger partial charge in [-0.3, -0.25) is 5.32 Å². The fourth-order valence-corrected chi connectivity index (χ4v) is 3.47. The molecule has 1 unspecified atom stereocenters. The lowest BCUT2D eigenvalue weighted by Crippen LogP contribution is -2.42. The highest BCUT2D eigenvalue weighted by Crippen LogP contribution is 2.27. The van der Waals surface area contributed by atoms with Crippen molar-refractivity contribution in [1.82, 2.24) is 10.3 Å². The van der Waals surface area contributed by atoms with Gasteiger partial charge < -0.3 is 4.98 Å². The van der Waals surface area contributed by atoms with Crippen molar-refractivity contribution in [1.29, 1.82) is 5.26 Å². The van der Waals surface area contributed by atoms with Crippen molar-refractivity contribution in [2.75, 3.05) is 5.75 Å². The van der Waals surface area contributed by atoms with Gasteiger partial charge in [0.25, 0.3) is 0 Å². The van der Waals surface area contributed by atoms with Crippen LogP contribution in [0.1, 0.15) is 32.6 Å². The third kappa shape index (κ3) is 3.81. The molecule has 1 fully saturated rings. The van der Waals surface area contributed by atoms with Crippen LogP contribution in [0, 0.1) is 11.3 Å². The van der Waals surface area contributed by atoms with Crippen LogP contribution in [0.5, 0.6) is 0 Å². The number of para-hydroxylation sites is 1. The van der Waals surface area contributed by atoms with Gasteiger partial charge in [0.1, 0.15) is 5.54 Å². The fraction of sp³-hybridized carbons (Fsp3) is 0.471. The summed E-state index contributed by atoms with van der Waals surface area (Å²) >= 11 is 1.84. The second kappa shape index (κ2) is 6.13. The number of fused-ring (bicyclic) bond motifs is 1. The van der Waals surface area contributed by atoms with Gasteiger partial charge >= 0.3 is 0 Å². The van der Waals surface area contributed by atoms with Crippen molar-refractivity contribution >= 4 is 22.7 Å². The summed E-state index contributed by atoms with van der Waals surface area (Å²) in [7, 11) is 0. The first kappa shape index (κ1) is 14.5. The Morgan fingerprint density at radius 1 is 1.43 bits per heavy atom.